The predicted molar refractivity (Wildman–Crippen MR) is 65.3 cm³/mol. The Labute approximate surface area is 107 Å². The summed E-state index contributed by atoms with van der Waals surface area (Å²) in [4.78, 5) is 0. The van der Waals surface area contributed by atoms with E-state index in [0.717, 1.165) is 25.7 Å². The number of alkyl halides is 3. The van der Waals surface area contributed by atoms with Gasteiger partial charge in [0.05, 0.1) is 0 Å². The van der Waals surface area contributed by atoms with E-state index in [0.29, 0.717) is 13.0 Å². The van der Waals surface area contributed by atoms with Gasteiger partial charge in [0.1, 0.15) is 6.61 Å². The molecule has 1 rings (SSSR count). The van der Waals surface area contributed by atoms with Crippen molar-refractivity contribution in [3.8, 4) is 0 Å². The molecule has 0 saturated heterocycles. The predicted octanol–water partition coefficient (Wildman–Crippen LogP) is 3.64. The van der Waals surface area contributed by atoms with Crippen molar-refractivity contribution in [1.82, 2.24) is 0 Å². The first-order chi connectivity index (χ1) is 8.47. The molecule has 5 heteroatoms. The molecule has 18 heavy (non-hydrogen) atoms. The van der Waals surface area contributed by atoms with Gasteiger partial charge in [-0.1, -0.05) is 32.1 Å². The van der Waals surface area contributed by atoms with Crippen LogP contribution in [0.4, 0.5) is 13.2 Å². The van der Waals surface area contributed by atoms with Crippen molar-refractivity contribution in [3.05, 3.63) is 0 Å². The van der Waals surface area contributed by atoms with E-state index in [4.69, 9.17) is 10.5 Å². The molecule has 0 aliphatic heterocycles. The smallest absolute Gasteiger partial charge is 0.372 e. The van der Waals surface area contributed by atoms with Crippen LogP contribution < -0.4 is 5.73 Å². The van der Waals surface area contributed by atoms with Gasteiger partial charge in [0.15, 0.2) is 0 Å². The molecule has 0 atom stereocenters. The molecular formula is C13H24F3NO. The van der Waals surface area contributed by atoms with Gasteiger partial charge >= 0.3 is 6.18 Å². The minimum atomic E-state index is -4.23. The van der Waals surface area contributed by atoms with Crippen LogP contribution in [-0.4, -0.2) is 25.9 Å². The molecule has 0 amide bonds. The van der Waals surface area contributed by atoms with Gasteiger partial charge in [0.2, 0.25) is 0 Å². The molecule has 0 spiro atoms. The molecule has 1 aliphatic rings. The second-order valence-electron chi connectivity index (χ2n) is 5.39. The summed E-state index contributed by atoms with van der Waals surface area (Å²) in [6.45, 7) is -0.424. The standard InChI is InChI=1S/C13H24F3NO/c14-13(15,16)11-18-9-8-12(10-17)6-4-2-1-3-5-7-12/h1-11,17H2. The first-order valence-corrected chi connectivity index (χ1v) is 6.82. The number of nitrogens with two attached hydrogens (primary N) is 1. The van der Waals surface area contributed by atoms with Crippen LogP contribution in [0, 0.1) is 5.41 Å². The largest absolute Gasteiger partial charge is 0.411 e. The lowest BCUT2D eigenvalue weighted by Gasteiger charge is -2.34. The lowest BCUT2D eigenvalue weighted by Crippen LogP contribution is -2.33. The molecule has 0 heterocycles. The Kier molecular flexibility index (Phi) is 6.43. The van der Waals surface area contributed by atoms with Gasteiger partial charge in [-0.05, 0) is 31.2 Å². The van der Waals surface area contributed by atoms with Crippen LogP contribution in [-0.2, 0) is 4.74 Å². The van der Waals surface area contributed by atoms with Crippen LogP contribution in [0.25, 0.3) is 0 Å². The van der Waals surface area contributed by atoms with E-state index >= 15 is 0 Å². The lowest BCUT2D eigenvalue weighted by atomic mass is 9.74. The van der Waals surface area contributed by atoms with E-state index < -0.39 is 12.8 Å². The van der Waals surface area contributed by atoms with E-state index in [-0.39, 0.29) is 12.0 Å². The highest BCUT2D eigenvalue weighted by Gasteiger charge is 2.30. The molecule has 2 N–H and O–H groups in total. The zero-order valence-corrected chi connectivity index (χ0v) is 10.9. The topological polar surface area (TPSA) is 35.2 Å². The van der Waals surface area contributed by atoms with Crippen molar-refractivity contribution >= 4 is 0 Å². The fourth-order valence-electron chi connectivity index (χ4n) is 2.69. The first-order valence-electron chi connectivity index (χ1n) is 6.82. The molecule has 0 aromatic carbocycles. The van der Waals surface area contributed by atoms with E-state index in [1.54, 1.807) is 0 Å². The Morgan fingerprint density at radius 2 is 1.56 bits per heavy atom. The van der Waals surface area contributed by atoms with E-state index in [2.05, 4.69) is 0 Å². The fraction of sp³-hybridized carbons (Fsp3) is 1.00. The van der Waals surface area contributed by atoms with Crippen LogP contribution in [0.15, 0.2) is 0 Å². The highest BCUT2D eigenvalue weighted by molar-refractivity contribution is 4.81. The van der Waals surface area contributed by atoms with E-state index in [1.165, 1.54) is 19.3 Å². The van der Waals surface area contributed by atoms with Gasteiger partial charge in [-0.3, -0.25) is 0 Å². The van der Waals surface area contributed by atoms with Crippen LogP contribution in [0.1, 0.15) is 51.4 Å². The molecule has 1 aliphatic carbocycles. The average molecular weight is 267 g/mol. The third kappa shape index (κ3) is 6.05. The summed E-state index contributed by atoms with van der Waals surface area (Å²) in [7, 11) is 0. The summed E-state index contributed by atoms with van der Waals surface area (Å²) in [6, 6.07) is 0. The second kappa shape index (κ2) is 7.34. The maximum atomic E-state index is 12.0. The molecule has 0 aromatic rings. The molecule has 0 unspecified atom stereocenters. The fourth-order valence-corrected chi connectivity index (χ4v) is 2.69. The summed E-state index contributed by atoms with van der Waals surface area (Å²) < 4.78 is 40.6. The summed E-state index contributed by atoms with van der Waals surface area (Å²) in [6.07, 6.45) is 4.45. The monoisotopic (exact) mass is 267 g/mol. The maximum absolute atomic E-state index is 12.0. The van der Waals surface area contributed by atoms with Crippen LogP contribution >= 0.6 is 0 Å². The van der Waals surface area contributed by atoms with Crippen molar-refractivity contribution in [1.29, 1.82) is 0 Å². The molecule has 0 bridgehead atoms. The molecule has 2 nitrogen and oxygen atoms in total. The van der Waals surface area contributed by atoms with Crippen LogP contribution in [0.2, 0.25) is 0 Å². The van der Waals surface area contributed by atoms with Crippen molar-refractivity contribution in [2.24, 2.45) is 11.1 Å². The molecule has 0 aromatic heterocycles. The zero-order valence-electron chi connectivity index (χ0n) is 10.9. The van der Waals surface area contributed by atoms with Crippen molar-refractivity contribution in [2.45, 2.75) is 57.5 Å². The molecular weight excluding hydrogens is 243 g/mol. The quantitative estimate of drug-likeness (QED) is 0.772. The number of halogens is 3. The van der Waals surface area contributed by atoms with Gasteiger partial charge in [0, 0.05) is 6.61 Å². The van der Waals surface area contributed by atoms with Gasteiger partial charge in [-0.15, -0.1) is 0 Å². The summed E-state index contributed by atoms with van der Waals surface area (Å²) in [5.41, 5.74) is 5.85. The van der Waals surface area contributed by atoms with Gasteiger partial charge in [0.25, 0.3) is 0 Å². The van der Waals surface area contributed by atoms with Gasteiger partial charge in [-0.2, -0.15) is 13.2 Å². The Morgan fingerprint density at radius 3 is 2.06 bits per heavy atom. The maximum Gasteiger partial charge on any atom is 0.411 e. The molecule has 1 fully saturated rings. The Hall–Kier alpha value is -0.290. The first kappa shape index (κ1) is 15.8. The second-order valence-corrected chi connectivity index (χ2v) is 5.39. The lowest BCUT2D eigenvalue weighted by molar-refractivity contribution is -0.175. The number of hydrogen-bond acceptors (Lipinski definition) is 2. The molecule has 1 saturated carbocycles. The third-order valence-corrected chi connectivity index (χ3v) is 3.89. The Balaban J connectivity index is 2.33. The summed E-state index contributed by atoms with van der Waals surface area (Å²) in [5, 5.41) is 0. The normalized spacial score (nSPS) is 21.3. The minimum absolute atomic E-state index is 0.00597. The number of ether oxygens (including phenoxy) is 1. The van der Waals surface area contributed by atoms with Crippen LogP contribution in [0.3, 0.4) is 0 Å². The molecule has 108 valence electrons. The van der Waals surface area contributed by atoms with Crippen molar-refractivity contribution in [2.75, 3.05) is 19.8 Å². The Morgan fingerprint density at radius 1 is 1.00 bits per heavy atom. The van der Waals surface area contributed by atoms with Crippen LogP contribution in [0.5, 0.6) is 0 Å². The minimum Gasteiger partial charge on any atom is -0.372 e. The zero-order chi connectivity index (χ0) is 13.5. The highest BCUT2D eigenvalue weighted by Crippen LogP contribution is 2.36. The van der Waals surface area contributed by atoms with E-state index in [1.807, 2.05) is 0 Å². The Bertz CT molecular complexity index is 223. The van der Waals surface area contributed by atoms with E-state index in [9.17, 15) is 13.2 Å². The average Bonchev–Trinajstić information content (AvgIpc) is 2.26. The number of hydrogen-bond donors (Lipinski definition) is 1. The summed E-state index contributed by atoms with van der Waals surface area (Å²) in [5.74, 6) is 0. The van der Waals surface area contributed by atoms with Crippen molar-refractivity contribution < 1.29 is 17.9 Å². The third-order valence-electron chi connectivity index (χ3n) is 3.89. The van der Waals surface area contributed by atoms with Gasteiger partial charge < -0.3 is 10.5 Å². The number of rotatable bonds is 5. The van der Waals surface area contributed by atoms with Crippen molar-refractivity contribution in [3.63, 3.8) is 0 Å². The highest BCUT2D eigenvalue weighted by atomic mass is 19.4. The molecule has 0 radical (unpaired) electrons. The van der Waals surface area contributed by atoms with Gasteiger partial charge in [-0.25, -0.2) is 0 Å². The SMILES string of the molecule is NCC1(CCOCC(F)(F)F)CCCCCCC1. The summed E-state index contributed by atoms with van der Waals surface area (Å²) >= 11 is 0.